The van der Waals surface area contributed by atoms with Crippen molar-refractivity contribution in [3.63, 3.8) is 0 Å². The molecule has 1 unspecified atom stereocenters. The van der Waals surface area contributed by atoms with E-state index in [1.807, 2.05) is 6.07 Å². The zero-order valence-electron chi connectivity index (χ0n) is 8.62. The minimum Gasteiger partial charge on any atom is -0.487 e. The molecule has 0 saturated carbocycles. The Morgan fingerprint density at radius 2 is 2.18 bits per heavy atom. The second-order valence-corrected chi connectivity index (χ2v) is 7.85. The zero-order valence-corrected chi connectivity index (χ0v) is 13.1. The molecule has 0 radical (unpaired) electrons. The van der Waals surface area contributed by atoms with Crippen molar-refractivity contribution in [1.29, 1.82) is 0 Å². The molecule has 0 bridgehead atoms. The van der Waals surface area contributed by atoms with Crippen LogP contribution in [-0.2, 0) is 15.5 Å². The van der Waals surface area contributed by atoms with E-state index >= 15 is 0 Å². The molecule has 1 heterocycles. The standard InChI is InChI=1S/C10H9Cl2IO3S/c11-5-8-2-1-6-3-7(13)4-9(10(6)16-8)17(12,14)15/h3-4,8H,1-2,5H2. The molecule has 1 aliphatic heterocycles. The largest absolute Gasteiger partial charge is 0.487 e. The highest BCUT2D eigenvalue weighted by molar-refractivity contribution is 14.1. The van der Waals surface area contributed by atoms with Gasteiger partial charge in [0.05, 0.1) is 5.88 Å². The average molecular weight is 407 g/mol. The molecule has 1 aromatic carbocycles. The molecular weight excluding hydrogens is 398 g/mol. The second kappa shape index (κ2) is 5.11. The van der Waals surface area contributed by atoms with Crippen LogP contribution in [0.5, 0.6) is 5.75 Å². The summed E-state index contributed by atoms with van der Waals surface area (Å²) in [5, 5.41) is 0. The summed E-state index contributed by atoms with van der Waals surface area (Å²) in [6.07, 6.45) is 1.39. The Labute approximate surface area is 123 Å². The van der Waals surface area contributed by atoms with Crippen molar-refractivity contribution < 1.29 is 13.2 Å². The number of benzene rings is 1. The second-order valence-electron chi connectivity index (χ2n) is 3.76. The predicted octanol–water partition coefficient (Wildman–Crippen LogP) is 3.15. The fourth-order valence-electron chi connectivity index (χ4n) is 1.77. The van der Waals surface area contributed by atoms with Crippen molar-refractivity contribution in [3.8, 4) is 5.75 Å². The van der Waals surface area contributed by atoms with Crippen molar-refractivity contribution in [3.05, 3.63) is 21.3 Å². The molecule has 1 atom stereocenters. The SMILES string of the molecule is O=S(=O)(Cl)c1cc(I)cc2c1OC(CCl)CC2. The molecule has 0 amide bonds. The van der Waals surface area contributed by atoms with E-state index in [0.29, 0.717) is 11.6 Å². The third kappa shape index (κ3) is 3.00. The first-order valence-corrected chi connectivity index (χ1v) is 8.84. The molecular formula is C10H9Cl2IO3S. The lowest BCUT2D eigenvalue weighted by molar-refractivity contribution is 0.189. The fourth-order valence-corrected chi connectivity index (χ4v) is 3.90. The smallest absolute Gasteiger partial charge is 0.265 e. The minimum atomic E-state index is -3.80. The molecule has 3 nitrogen and oxygen atoms in total. The van der Waals surface area contributed by atoms with Crippen LogP contribution in [0.15, 0.2) is 17.0 Å². The van der Waals surface area contributed by atoms with Crippen molar-refractivity contribution in [2.24, 2.45) is 0 Å². The van der Waals surface area contributed by atoms with Crippen LogP contribution in [0, 0.1) is 3.57 Å². The van der Waals surface area contributed by atoms with Gasteiger partial charge in [-0.25, -0.2) is 8.42 Å². The van der Waals surface area contributed by atoms with Crippen LogP contribution in [0.3, 0.4) is 0 Å². The highest BCUT2D eigenvalue weighted by Gasteiger charge is 2.27. The number of hydrogen-bond acceptors (Lipinski definition) is 3. The van der Waals surface area contributed by atoms with Gasteiger partial charge in [-0.1, -0.05) is 0 Å². The van der Waals surface area contributed by atoms with Gasteiger partial charge in [-0.3, -0.25) is 0 Å². The molecule has 2 rings (SSSR count). The average Bonchev–Trinajstić information content (AvgIpc) is 2.26. The molecule has 0 fully saturated rings. The summed E-state index contributed by atoms with van der Waals surface area (Å²) < 4.78 is 29.4. The fraction of sp³-hybridized carbons (Fsp3) is 0.400. The molecule has 17 heavy (non-hydrogen) atoms. The normalized spacial score (nSPS) is 19.6. The minimum absolute atomic E-state index is 0.0379. The van der Waals surface area contributed by atoms with E-state index in [2.05, 4.69) is 22.6 Å². The Morgan fingerprint density at radius 1 is 1.47 bits per heavy atom. The van der Waals surface area contributed by atoms with E-state index in [9.17, 15) is 8.42 Å². The van der Waals surface area contributed by atoms with Gasteiger partial charge in [0.2, 0.25) is 0 Å². The summed E-state index contributed by atoms with van der Waals surface area (Å²) in [6.45, 7) is 0. The summed E-state index contributed by atoms with van der Waals surface area (Å²) in [4.78, 5) is 0.0379. The first kappa shape index (κ1) is 13.7. The van der Waals surface area contributed by atoms with Gasteiger partial charge >= 0.3 is 0 Å². The van der Waals surface area contributed by atoms with Gasteiger partial charge in [-0.2, -0.15) is 0 Å². The monoisotopic (exact) mass is 406 g/mol. The van der Waals surface area contributed by atoms with E-state index < -0.39 is 9.05 Å². The Morgan fingerprint density at radius 3 is 2.76 bits per heavy atom. The quantitative estimate of drug-likeness (QED) is 0.430. The molecule has 0 N–H and O–H groups in total. The number of hydrogen-bond donors (Lipinski definition) is 0. The first-order chi connectivity index (χ1) is 7.91. The van der Waals surface area contributed by atoms with Crippen LogP contribution in [0.2, 0.25) is 0 Å². The molecule has 0 spiro atoms. The maximum Gasteiger partial charge on any atom is 0.265 e. The lowest BCUT2D eigenvalue weighted by Gasteiger charge is -2.26. The van der Waals surface area contributed by atoms with E-state index in [4.69, 9.17) is 27.0 Å². The van der Waals surface area contributed by atoms with Gasteiger partial charge in [-0.05, 0) is 53.1 Å². The van der Waals surface area contributed by atoms with Gasteiger partial charge in [0, 0.05) is 14.3 Å². The van der Waals surface area contributed by atoms with Gasteiger partial charge in [0.15, 0.2) is 0 Å². The summed E-state index contributed by atoms with van der Waals surface area (Å²) >= 11 is 7.80. The van der Waals surface area contributed by atoms with Crippen molar-refractivity contribution in [2.75, 3.05) is 5.88 Å². The lowest BCUT2D eigenvalue weighted by atomic mass is 10.0. The molecule has 94 valence electrons. The predicted molar refractivity (Wildman–Crippen MR) is 75.7 cm³/mol. The Kier molecular flexibility index (Phi) is 4.12. The maximum absolute atomic E-state index is 11.5. The van der Waals surface area contributed by atoms with Gasteiger partial charge in [-0.15, -0.1) is 11.6 Å². The topological polar surface area (TPSA) is 43.4 Å². The number of fused-ring (bicyclic) bond motifs is 1. The molecule has 7 heteroatoms. The molecule has 0 aliphatic carbocycles. The van der Waals surface area contributed by atoms with Crippen molar-refractivity contribution in [2.45, 2.75) is 23.8 Å². The molecule has 0 saturated heterocycles. The lowest BCUT2D eigenvalue weighted by Crippen LogP contribution is -2.25. The van der Waals surface area contributed by atoms with E-state index in [-0.39, 0.29) is 11.0 Å². The van der Waals surface area contributed by atoms with Crippen LogP contribution in [0.1, 0.15) is 12.0 Å². The van der Waals surface area contributed by atoms with Crippen molar-refractivity contribution in [1.82, 2.24) is 0 Å². The summed E-state index contributed by atoms with van der Waals surface area (Å²) in [6, 6.07) is 3.42. The van der Waals surface area contributed by atoms with Crippen LogP contribution >= 0.6 is 44.9 Å². The van der Waals surface area contributed by atoms with Gasteiger partial charge < -0.3 is 4.74 Å². The van der Waals surface area contributed by atoms with Crippen molar-refractivity contribution >= 4 is 53.9 Å². The van der Waals surface area contributed by atoms with E-state index in [1.165, 1.54) is 6.07 Å². The highest BCUT2D eigenvalue weighted by atomic mass is 127. The number of aryl methyl sites for hydroxylation is 1. The Balaban J connectivity index is 2.57. The summed E-state index contributed by atoms with van der Waals surface area (Å²) in [5.41, 5.74) is 0.873. The summed E-state index contributed by atoms with van der Waals surface area (Å²) in [7, 11) is 1.62. The number of halogens is 3. The highest BCUT2D eigenvalue weighted by Crippen LogP contribution is 2.37. The van der Waals surface area contributed by atoms with Crippen LogP contribution in [-0.4, -0.2) is 20.4 Å². The summed E-state index contributed by atoms with van der Waals surface area (Å²) in [5.74, 6) is 0.699. The van der Waals surface area contributed by atoms with Crippen LogP contribution in [0.25, 0.3) is 0 Å². The zero-order chi connectivity index (χ0) is 12.6. The molecule has 0 aromatic heterocycles. The maximum atomic E-state index is 11.5. The van der Waals surface area contributed by atoms with Crippen LogP contribution < -0.4 is 4.74 Å². The number of ether oxygens (including phenoxy) is 1. The Bertz CT molecular complexity index is 545. The first-order valence-electron chi connectivity index (χ1n) is 4.91. The molecule has 1 aliphatic rings. The third-order valence-corrected chi connectivity index (χ3v) is 4.85. The van der Waals surface area contributed by atoms with Gasteiger partial charge in [0.1, 0.15) is 16.7 Å². The van der Waals surface area contributed by atoms with Crippen LogP contribution in [0.4, 0.5) is 0 Å². The third-order valence-electron chi connectivity index (χ3n) is 2.55. The molecule has 1 aromatic rings. The van der Waals surface area contributed by atoms with E-state index in [1.54, 1.807) is 0 Å². The number of alkyl halides is 1. The van der Waals surface area contributed by atoms with Gasteiger partial charge in [0.25, 0.3) is 9.05 Å². The van der Waals surface area contributed by atoms with E-state index in [0.717, 1.165) is 22.0 Å². The number of rotatable bonds is 2. The Hall–Kier alpha value is 0.280.